The Balaban J connectivity index is 3.27. The first-order chi connectivity index (χ1) is 4.18. The monoisotopic (exact) mass is 134 g/mol. The zero-order valence-corrected chi connectivity index (χ0v) is 5.36. The van der Waals surface area contributed by atoms with E-state index in [4.69, 9.17) is 5.73 Å². The summed E-state index contributed by atoms with van der Waals surface area (Å²) in [5, 5.41) is 2.58. The predicted octanol–water partition coefficient (Wildman–Crippen LogP) is -0.581. The van der Waals surface area contributed by atoms with Crippen LogP contribution in [-0.2, 0) is 4.79 Å². The Labute approximate surface area is 53.4 Å². The summed E-state index contributed by atoms with van der Waals surface area (Å²) in [6, 6.07) is -0.430. The lowest BCUT2D eigenvalue weighted by molar-refractivity contribution is -0.119. The maximum Gasteiger partial charge on any atom is 0.234 e. The topological polar surface area (TPSA) is 55.1 Å². The van der Waals surface area contributed by atoms with Crippen LogP contribution in [0.2, 0.25) is 0 Å². The number of halogens is 1. The van der Waals surface area contributed by atoms with Gasteiger partial charge >= 0.3 is 0 Å². The molecule has 0 bridgehead atoms. The number of hydrogen-bond donors (Lipinski definition) is 2. The second-order valence-corrected chi connectivity index (χ2v) is 1.77. The van der Waals surface area contributed by atoms with Crippen molar-refractivity contribution in [2.75, 3.05) is 13.2 Å². The van der Waals surface area contributed by atoms with Crippen molar-refractivity contribution >= 4 is 5.91 Å². The van der Waals surface area contributed by atoms with Gasteiger partial charge in [0, 0.05) is 6.54 Å². The number of rotatable bonds is 4. The summed E-state index contributed by atoms with van der Waals surface area (Å²) in [6.45, 7) is 1.31. The first-order valence-corrected chi connectivity index (χ1v) is 2.77. The van der Waals surface area contributed by atoms with Gasteiger partial charge in [-0.1, -0.05) is 0 Å². The number of nitrogens with one attached hydrogen (secondary N) is 1. The molecule has 3 nitrogen and oxygen atoms in total. The van der Waals surface area contributed by atoms with E-state index in [1.165, 1.54) is 0 Å². The van der Waals surface area contributed by atoms with Gasteiger partial charge in [0.25, 0.3) is 0 Å². The molecule has 1 unspecified atom stereocenters. The number of carbonyl (C=O) groups excluding carboxylic acids is 1. The minimum absolute atomic E-state index is 0.185. The minimum atomic E-state index is -0.475. The predicted molar refractivity (Wildman–Crippen MR) is 32.6 cm³/mol. The molecule has 0 aliphatic carbocycles. The van der Waals surface area contributed by atoms with Gasteiger partial charge in [0.2, 0.25) is 5.91 Å². The van der Waals surface area contributed by atoms with E-state index in [2.05, 4.69) is 5.32 Å². The molecule has 0 aromatic rings. The molecule has 0 radical (unpaired) electrons. The van der Waals surface area contributed by atoms with Crippen molar-refractivity contribution in [1.29, 1.82) is 0 Å². The van der Waals surface area contributed by atoms with Gasteiger partial charge in [-0.25, -0.2) is 4.39 Å². The zero-order valence-electron chi connectivity index (χ0n) is 5.36. The number of primary amides is 1. The van der Waals surface area contributed by atoms with Crippen molar-refractivity contribution in [2.45, 2.75) is 13.0 Å². The normalized spacial score (nSPS) is 13.1. The van der Waals surface area contributed by atoms with Gasteiger partial charge in [0.1, 0.15) is 6.67 Å². The number of amides is 1. The summed E-state index contributed by atoms with van der Waals surface area (Å²) in [5.74, 6) is -0.455. The summed E-state index contributed by atoms with van der Waals surface area (Å²) in [7, 11) is 0. The summed E-state index contributed by atoms with van der Waals surface area (Å²) in [6.07, 6.45) is 0. The molecule has 0 heterocycles. The highest BCUT2D eigenvalue weighted by atomic mass is 19.1. The maximum absolute atomic E-state index is 11.4. The number of nitrogens with two attached hydrogens (primary N) is 1. The van der Waals surface area contributed by atoms with E-state index in [0.717, 1.165) is 0 Å². The van der Waals surface area contributed by atoms with Crippen LogP contribution in [0, 0.1) is 0 Å². The van der Waals surface area contributed by atoms with Crippen molar-refractivity contribution in [3.63, 3.8) is 0 Å². The van der Waals surface area contributed by atoms with E-state index in [9.17, 15) is 9.18 Å². The lowest BCUT2D eigenvalue weighted by Crippen LogP contribution is -2.39. The third kappa shape index (κ3) is 3.90. The fourth-order valence-corrected chi connectivity index (χ4v) is 0.372. The lowest BCUT2D eigenvalue weighted by atomic mass is 10.3. The van der Waals surface area contributed by atoms with Crippen LogP contribution in [-0.4, -0.2) is 25.2 Å². The van der Waals surface area contributed by atoms with Crippen LogP contribution in [0.15, 0.2) is 0 Å². The van der Waals surface area contributed by atoms with Crippen LogP contribution in [0.5, 0.6) is 0 Å². The summed E-state index contributed by atoms with van der Waals surface area (Å²) in [4.78, 5) is 10.2. The molecule has 0 saturated carbocycles. The van der Waals surface area contributed by atoms with Crippen LogP contribution < -0.4 is 11.1 Å². The van der Waals surface area contributed by atoms with Gasteiger partial charge in [0.15, 0.2) is 0 Å². The van der Waals surface area contributed by atoms with Crippen molar-refractivity contribution in [2.24, 2.45) is 5.73 Å². The Morgan fingerprint density at radius 2 is 2.44 bits per heavy atom. The van der Waals surface area contributed by atoms with Crippen LogP contribution in [0.1, 0.15) is 6.92 Å². The quantitative estimate of drug-likeness (QED) is 0.540. The molecule has 0 rings (SSSR count). The molecule has 0 fully saturated rings. The Morgan fingerprint density at radius 3 is 2.78 bits per heavy atom. The van der Waals surface area contributed by atoms with Gasteiger partial charge in [-0.05, 0) is 6.92 Å². The minimum Gasteiger partial charge on any atom is -0.368 e. The molecule has 0 aliphatic heterocycles. The summed E-state index contributed by atoms with van der Waals surface area (Å²) in [5.41, 5.74) is 4.85. The van der Waals surface area contributed by atoms with Crippen LogP contribution >= 0.6 is 0 Å². The molecular formula is C5H11FN2O. The Morgan fingerprint density at radius 1 is 1.89 bits per heavy atom. The van der Waals surface area contributed by atoms with E-state index in [1.807, 2.05) is 0 Å². The highest BCUT2D eigenvalue weighted by Crippen LogP contribution is 1.76. The maximum atomic E-state index is 11.4. The highest BCUT2D eigenvalue weighted by Gasteiger charge is 2.04. The van der Waals surface area contributed by atoms with Crippen molar-refractivity contribution in [3.8, 4) is 0 Å². The second-order valence-electron chi connectivity index (χ2n) is 1.77. The first-order valence-electron chi connectivity index (χ1n) is 2.77. The van der Waals surface area contributed by atoms with E-state index in [-0.39, 0.29) is 6.54 Å². The van der Waals surface area contributed by atoms with Gasteiger partial charge in [0.05, 0.1) is 6.04 Å². The first kappa shape index (κ1) is 8.36. The molecule has 0 aromatic heterocycles. The molecule has 1 atom stereocenters. The summed E-state index contributed by atoms with van der Waals surface area (Å²) < 4.78 is 11.4. The van der Waals surface area contributed by atoms with Crippen molar-refractivity contribution in [3.05, 3.63) is 0 Å². The third-order valence-electron chi connectivity index (χ3n) is 0.972. The van der Waals surface area contributed by atoms with Crippen LogP contribution in [0.25, 0.3) is 0 Å². The van der Waals surface area contributed by atoms with Gasteiger partial charge < -0.3 is 11.1 Å². The molecule has 4 heteroatoms. The molecule has 0 aromatic carbocycles. The average Bonchev–Trinajstić information content (AvgIpc) is 1.82. The van der Waals surface area contributed by atoms with Crippen LogP contribution in [0.4, 0.5) is 4.39 Å². The SMILES string of the molecule is CC(NCCF)C(N)=O. The average molecular weight is 134 g/mol. The van der Waals surface area contributed by atoms with Gasteiger partial charge in [-0.15, -0.1) is 0 Å². The highest BCUT2D eigenvalue weighted by molar-refractivity contribution is 5.79. The molecule has 3 N–H and O–H groups in total. The number of alkyl halides is 1. The largest absolute Gasteiger partial charge is 0.368 e. The van der Waals surface area contributed by atoms with Crippen molar-refractivity contribution < 1.29 is 9.18 Å². The molecule has 1 amide bonds. The third-order valence-corrected chi connectivity index (χ3v) is 0.972. The Hall–Kier alpha value is -0.640. The number of carbonyl (C=O) groups is 1. The molecule has 0 saturated heterocycles. The van der Waals surface area contributed by atoms with Gasteiger partial charge in [-0.2, -0.15) is 0 Å². The summed E-state index contributed by atoms with van der Waals surface area (Å²) >= 11 is 0. The van der Waals surface area contributed by atoms with E-state index < -0.39 is 18.6 Å². The van der Waals surface area contributed by atoms with Crippen LogP contribution in [0.3, 0.4) is 0 Å². The number of hydrogen-bond acceptors (Lipinski definition) is 2. The zero-order chi connectivity index (χ0) is 7.28. The van der Waals surface area contributed by atoms with Gasteiger partial charge in [-0.3, -0.25) is 4.79 Å². The molecular weight excluding hydrogens is 123 g/mol. The Kier molecular flexibility index (Phi) is 3.96. The molecule has 9 heavy (non-hydrogen) atoms. The molecule has 0 spiro atoms. The lowest BCUT2D eigenvalue weighted by Gasteiger charge is -2.06. The van der Waals surface area contributed by atoms with E-state index in [1.54, 1.807) is 6.92 Å². The molecule has 54 valence electrons. The smallest absolute Gasteiger partial charge is 0.234 e. The molecule has 0 aliphatic rings. The fraction of sp³-hybridized carbons (Fsp3) is 0.800. The van der Waals surface area contributed by atoms with Crippen molar-refractivity contribution in [1.82, 2.24) is 5.32 Å². The Bertz CT molecular complexity index is 97.0. The fourth-order valence-electron chi connectivity index (χ4n) is 0.372. The standard InChI is InChI=1S/C5H11FN2O/c1-4(5(7)9)8-3-2-6/h4,8H,2-3H2,1H3,(H2,7,9). The second kappa shape index (κ2) is 4.26. The van der Waals surface area contributed by atoms with E-state index in [0.29, 0.717) is 0 Å². The van der Waals surface area contributed by atoms with E-state index >= 15 is 0 Å².